The molecular weight excluding hydrogens is 339 g/mol. The Labute approximate surface area is 142 Å². The van der Waals surface area contributed by atoms with E-state index in [-0.39, 0.29) is 6.61 Å². The van der Waals surface area contributed by atoms with Gasteiger partial charge in [-0.15, -0.1) is 0 Å². The minimum absolute atomic E-state index is 0.130. The molecule has 1 atom stereocenters. The molecule has 2 aromatic rings. The number of nitrogens with zero attached hydrogens (tertiary/aromatic N) is 1. The van der Waals surface area contributed by atoms with Crippen LogP contribution < -0.4 is 14.9 Å². The highest BCUT2D eigenvalue weighted by atomic mass is 35.5. The van der Waals surface area contributed by atoms with Crippen LogP contribution >= 0.6 is 23.2 Å². The average Bonchev–Trinajstić information content (AvgIpc) is 2.57. The lowest BCUT2D eigenvalue weighted by Gasteiger charge is -2.24. The van der Waals surface area contributed by atoms with Crippen LogP contribution in [0.1, 0.15) is 5.56 Å². The number of para-hydroxylation sites is 2. The standard InChI is InChI=1S/C16H12Cl2N2O3/c17-11-6-5-10(7-12(11)18)8-19-20-16(21)15-9-22-13-3-1-2-4-14(13)23-15/h1-8,15H,9H2,(H,20,21)/b19-8+. The first-order valence-electron chi connectivity index (χ1n) is 6.80. The lowest BCUT2D eigenvalue weighted by molar-refractivity contribution is -0.130. The van der Waals surface area contributed by atoms with Crippen LogP contribution in [0.4, 0.5) is 0 Å². The Morgan fingerprint density at radius 2 is 1.96 bits per heavy atom. The Morgan fingerprint density at radius 3 is 2.74 bits per heavy atom. The summed E-state index contributed by atoms with van der Waals surface area (Å²) in [6, 6.07) is 12.2. The van der Waals surface area contributed by atoms with Crippen LogP contribution in [-0.4, -0.2) is 24.8 Å². The Hall–Kier alpha value is -2.24. The van der Waals surface area contributed by atoms with E-state index < -0.39 is 12.0 Å². The Morgan fingerprint density at radius 1 is 1.17 bits per heavy atom. The minimum Gasteiger partial charge on any atom is -0.485 e. The largest absolute Gasteiger partial charge is 0.485 e. The van der Waals surface area contributed by atoms with Crippen molar-refractivity contribution in [2.45, 2.75) is 6.10 Å². The van der Waals surface area contributed by atoms with Crippen molar-refractivity contribution < 1.29 is 14.3 Å². The normalized spacial score (nSPS) is 16.3. The second-order valence-corrected chi connectivity index (χ2v) is 5.59. The van der Waals surface area contributed by atoms with Gasteiger partial charge in [0, 0.05) is 0 Å². The highest BCUT2D eigenvalue weighted by Crippen LogP contribution is 2.30. The summed E-state index contributed by atoms with van der Waals surface area (Å²) in [4.78, 5) is 12.0. The molecule has 0 fully saturated rings. The van der Waals surface area contributed by atoms with Gasteiger partial charge in [0.15, 0.2) is 11.5 Å². The van der Waals surface area contributed by atoms with E-state index in [1.165, 1.54) is 6.21 Å². The monoisotopic (exact) mass is 350 g/mol. The summed E-state index contributed by atoms with van der Waals surface area (Å²) < 4.78 is 11.1. The van der Waals surface area contributed by atoms with Crippen molar-refractivity contribution in [3.63, 3.8) is 0 Å². The molecule has 0 bridgehead atoms. The van der Waals surface area contributed by atoms with Gasteiger partial charge in [-0.25, -0.2) is 5.43 Å². The lowest BCUT2D eigenvalue weighted by Crippen LogP contribution is -2.42. The van der Waals surface area contributed by atoms with Crippen LogP contribution in [0.25, 0.3) is 0 Å². The molecule has 1 heterocycles. The van der Waals surface area contributed by atoms with Crippen LogP contribution in [0.15, 0.2) is 47.6 Å². The van der Waals surface area contributed by atoms with Crippen LogP contribution in [0, 0.1) is 0 Å². The van der Waals surface area contributed by atoms with Gasteiger partial charge in [-0.05, 0) is 29.8 Å². The van der Waals surface area contributed by atoms with Gasteiger partial charge in [0.1, 0.15) is 6.61 Å². The predicted octanol–water partition coefficient (Wildman–Crippen LogP) is 3.28. The van der Waals surface area contributed by atoms with Crippen molar-refractivity contribution in [3.05, 3.63) is 58.1 Å². The van der Waals surface area contributed by atoms with E-state index in [9.17, 15) is 4.79 Å². The third-order valence-corrected chi connectivity index (χ3v) is 3.87. The summed E-state index contributed by atoms with van der Waals surface area (Å²) in [5.41, 5.74) is 3.13. The first-order chi connectivity index (χ1) is 11.1. The molecule has 7 heteroatoms. The second-order valence-electron chi connectivity index (χ2n) is 4.77. The zero-order chi connectivity index (χ0) is 16.2. The Balaban J connectivity index is 1.59. The van der Waals surface area contributed by atoms with Crippen molar-refractivity contribution in [3.8, 4) is 11.5 Å². The van der Waals surface area contributed by atoms with Crippen molar-refractivity contribution in [2.24, 2.45) is 5.10 Å². The number of ether oxygens (including phenoxy) is 2. The smallest absolute Gasteiger partial charge is 0.284 e. The molecule has 0 saturated heterocycles. The number of rotatable bonds is 3. The maximum Gasteiger partial charge on any atom is 0.284 e. The zero-order valence-electron chi connectivity index (χ0n) is 11.8. The molecule has 0 spiro atoms. The number of carbonyl (C=O) groups excluding carboxylic acids is 1. The van der Waals surface area contributed by atoms with E-state index in [1.54, 1.807) is 30.3 Å². The number of benzene rings is 2. The number of hydrogen-bond donors (Lipinski definition) is 1. The van der Waals surface area contributed by atoms with E-state index >= 15 is 0 Å². The number of hydrogen-bond acceptors (Lipinski definition) is 4. The molecule has 5 nitrogen and oxygen atoms in total. The van der Waals surface area contributed by atoms with Gasteiger partial charge in [-0.3, -0.25) is 4.79 Å². The van der Waals surface area contributed by atoms with Gasteiger partial charge in [0.05, 0.1) is 16.3 Å². The molecule has 0 radical (unpaired) electrons. The molecule has 118 valence electrons. The number of fused-ring (bicyclic) bond motifs is 1. The van der Waals surface area contributed by atoms with Crippen molar-refractivity contribution in [1.82, 2.24) is 5.43 Å². The van der Waals surface area contributed by atoms with Crippen molar-refractivity contribution >= 4 is 35.3 Å². The van der Waals surface area contributed by atoms with E-state index in [4.69, 9.17) is 32.7 Å². The summed E-state index contributed by atoms with van der Waals surface area (Å²) in [6.45, 7) is 0.130. The maximum atomic E-state index is 12.0. The topological polar surface area (TPSA) is 59.9 Å². The highest BCUT2D eigenvalue weighted by Gasteiger charge is 2.26. The minimum atomic E-state index is -0.754. The zero-order valence-corrected chi connectivity index (χ0v) is 13.3. The fourth-order valence-electron chi connectivity index (χ4n) is 1.98. The van der Waals surface area contributed by atoms with Gasteiger partial charge in [0.2, 0.25) is 6.10 Å². The maximum absolute atomic E-state index is 12.0. The fourth-order valence-corrected chi connectivity index (χ4v) is 2.29. The van der Waals surface area contributed by atoms with Crippen molar-refractivity contribution in [1.29, 1.82) is 0 Å². The van der Waals surface area contributed by atoms with E-state index in [1.807, 2.05) is 12.1 Å². The molecule has 1 amide bonds. The Bertz CT molecular complexity index is 765. The molecule has 1 aliphatic heterocycles. The second kappa shape index (κ2) is 6.89. The van der Waals surface area contributed by atoms with Crippen LogP contribution in [0.3, 0.4) is 0 Å². The molecule has 0 saturated carbocycles. The molecule has 3 rings (SSSR count). The van der Waals surface area contributed by atoms with Gasteiger partial charge >= 0.3 is 0 Å². The molecular formula is C16H12Cl2N2O3. The van der Waals surface area contributed by atoms with E-state index in [2.05, 4.69) is 10.5 Å². The summed E-state index contributed by atoms with van der Waals surface area (Å²) in [5.74, 6) is 0.763. The molecule has 1 N–H and O–H groups in total. The summed E-state index contributed by atoms with van der Waals surface area (Å²) in [5, 5.41) is 4.76. The summed E-state index contributed by atoms with van der Waals surface area (Å²) in [7, 11) is 0. The van der Waals surface area contributed by atoms with E-state index in [0.717, 1.165) is 0 Å². The molecule has 0 aromatic heterocycles. The van der Waals surface area contributed by atoms with Crippen LogP contribution in [0.2, 0.25) is 10.0 Å². The van der Waals surface area contributed by atoms with Gasteiger partial charge < -0.3 is 9.47 Å². The predicted molar refractivity (Wildman–Crippen MR) is 88.6 cm³/mol. The first kappa shape index (κ1) is 15.6. The average molecular weight is 351 g/mol. The molecule has 2 aromatic carbocycles. The fraction of sp³-hybridized carbons (Fsp3) is 0.125. The number of hydrazone groups is 1. The van der Waals surface area contributed by atoms with Gasteiger partial charge in [0.25, 0.3) is 5.91 Å². The van der Waals surface area contributed by atoms with Crippen LogP contribution in [0.5, 0.6) is 11.5 Å². The number of carbonyl (C=O) groups is 1. The van der Waals surface area contributed by atoms with Gasteiger partial charge in [-0.2, -0.15) is 5.10 Å². The first-order valence-corrected chi connectivity index (χ1v) is 7.55. The number of halogens is 2. The highest BCUT2D eigenvalue weighted by molar-refractivity contribution is 6.42. The Kier molecular flexibility index (Phi) is 4.69. The van der Waals surface area contributed by atoms with Gasteiger partial charge in [-0.1, -0.05) is 41.4 Å². The van der Waals surface area contributed by atoms with E-state index in [0.29, 0.717) is 27.1 Å². The summed E-state index contributed by atoms with van der Waals surface area (Å²) in [6.07, 6.45) is 0.716. The number of nitrogens with one attached hydrogen (secondary N) is 1. The summed E-state index contributed by atoms with van der Waals surface area (Å²) >= 11 is 11.7. The molecule has 1 unspecified atom stereocenters. The molecule has 1 aliphatic rings. The van der Waals surface area contributed by atoms with Crippen LogP contribution in [-0.2, 0) is 4.79 Å². The lowest BCUT2D eigenvalue weighted by atomic mass is 10.2. The molecule has 0 aliphatic carbocycles. The SMILES string of the molecule is O=C(N/N=C/c1ccc(Cl)c(Cl)c1)C1COc2ccccc2O1. The van der Waals surface area contributed by atoms with Crippen molar-refractivity contribution in [2.75, 3.05) is 6.61 Å². The third-order valence-electron chi connectivity index (χ3n) is 3.13. The third kappa shape index (κ3) is 3.75. The number of amides is 1. The quantitative estimate of drug-likeness (QED) is 0.682. The molecule has 23 heavy (non-hydrogen) atoms.